The average molecular weight is 642 g/mol. The summed E-state index contributed by atoms with van der Waals surface area (Å²) in [7, 11) is 0. The summed E-state index contributed by atoms with van der Waals surface area (Å²) in [6.45, 7) is 0.927. The third kappa shape index (κ3) is 6.76. The fourth-order valence-electron chi connectivity index (χ4n) is 4.95. The Bertz CT molecular complexity index is 2030. The van der Waals surface area contributed by atoms with Crippen molar-refractivity contribution >= 4 is 30.5 Å². The first kappa shape index (κ1) is 31.9. The van der Waals surface area contributed by atoms with Gasteiger partial charge in [-0.15, -0.1) is 0 Å². The average Bonchev–Trinajstić information content (AvgIpc) is 3.36. The van der Waals surface area contributed by atoms with Crippen molar-refractivity contribution < 1.29 is 32.9 Å². The number of pyridine rings is 1. The predicted octanol–water partition coefficient (Wildman–Crippen LogP) is 6.01. The topological polar surface area (TPSA) is 143 Å². The molecule has 2 aromatic heterocycles. The Morgan fingerprint density at radius 2 is 1.85 bits per heavy atom. The van der Waals surface area contributed by atoms with Crippen LogP contribution < -0.4 is 9.47 Å². The minimum absolute atomic E-state index is 0. The number of benzene rings is 3. The number of halogens is 2. The van der Waals surface area contributed by atoms with Crippen LogP contribution in [0.2, 0.25) is 0 Å². The number of hydrogen-bond acceptors (Lipinski definition) is 8. The van der Waals surface area contributed by atoms with Gasteiger partial charge in [-0.25, -0.2) is 18.6 Å². The Hall–Kier alpha value is -5.50. The first-order valence-electron chi connectivity index (χ1n) is 13.8. The molecular formula is C33H25F2N5O5S. The lowest BCUT2D eigenvalue weighted by atomic mass is 10.0. The Kier molecular flexibility index (Phi) is 9.47. The number of aromatic nitrogens is 3. The molecule has 0 unspecified atom stereocenters. The zero-order chi connectivity index (χ0) is 31.5. The Morgan fingerprint density at radius 1 is 1.04 bits per heavy atom. The molecule has 1 atom stereocenters. The van der Waals surface area contributed by atoms with Gasteiger partial charge in [-0.1, -0.05) is 6.07 Å². The van der Waals surface area contributed by atoms with Gasteiger partial charge in [0.25, 0.3) is 0 Å². The molecule has 1 saturated heterocycles. The summed E-state index contributed by atoms with van der Waals surface area (Å²) in [5.41, 5.74) is 1.77. The largest absolute Gasteiger partial charge is 0.484 e. The normalized spacial score (nSPS) is 13.6. The van der Waals surface area contributed by atoms with Gasteiger partial charge in [-0.05, 0) is 60.5 Å². The van der Waals surface area contributed by atoms with E-state index >= 15 is 0 Å². The lowest BCUT2D eigenvalue weighted by Crippen LogP contribution is -2.31. The van der Waals surface area contributed by atoms with Crippen LogP contribution in [0, 0.1) is 34.3 Å². The molecule has 13 heteroatoms. The first-order chi connectivity index (χ1) is 21.8. The van der Waals surface area contributed by atoms with Crippen LogP contribution >= 0.6 is 13.5 Å². The summed E-state index contributed by atoms with van der Waals surface area (Å²) in [5, 5.41) is 28.3. The SMILES string of the molecule is N#Cc1ccc(OCc2cc(Oc3ccc(Cc4nc5c(F)cc(C(=O)O)cc5n4C[C@@H]4CCO4)c(C#N)c3)ccn2)c(F)c1.S. The van der Waals surface area contributed by atoms with E-state index in [0.29, 0.717) is 52.8 Å². The van der Waals surface area contributed by atoms with Gasteiger partial charge in [0.05, 0.1) is 52.7 Å². The van der Waals surface area contributed by atoms with E-state index in [1.807, 2.05) is 6.07 Å². The van der Waals surface area contributed by atoms with E-state index in [0.717, 1.165) is 18.6 Å². The van der Waals surface area contributed by atoms with Crippen LogP contribution in [0.1, 0.15) is 45.0 Å². The van der Waals surface area contributed by atoms with Crippen molar-refractivity contribution in [2.45, 2.75) is 32.1 Å². The van der Waals surface area contributed by atoms with E-state index in [4.69, 9.17) is 19.5 Å². The van der Waals surface area contributed by atoms with E-state index in [-0.39, 0.29) is 55.0 Å². The molecule has 6 rings (SSSR count). The van der Waals surface area contributed by atoms with Gasteiger partial charge in [0.15, 0.2) is 17.4 Å². The van der Waals surface area contributed by atoms with E-state index in [2.05, 4.69) is 16.0 Å². The van der Waals surface area contributed by atoms with Crippen LogP contribution in [0.4, 0.5) is 8.78 Å². The highest BCUT2D eigenvalue weighted by molar-refractivity contribution is 7.59. The minimum Gasteiger partial charge on any atom is -0.484 e. The highest BCUT2D eigenvalue weighted by atomic mass is 32.1. The molecule has 5 aromatic rings. The number of aromatic carboxylic acids is 1. The van der Waals surface area contributed by atoms with Gasteiger partial charge >= 0.3 is 5.97 Å². The molecular weight excluding hydrogens is 616 g/mol. The maximum atomic E-state index is 14.9. The maximum absolute atomic E-state index is 14.9. The summed E-state index contributed by atoms with van der Waals surface area (Å²) in [6.07, 6.45) is 2.39. The van der Waals surface area contributed by atoms with E-state index in [9.17, 15) is 23.9 Å². The monoisotopic (exact) mass is 641 g/mol. The number of nitrogens with zero attached hydrogens (tertiary/aromatic N) is 5. The van der Waals surface area contributed by atoms with Crippen LogP contribution in [0.25, 0.3) is 11.0 Å². The molecule has 0 spiro atoms. The van der Waals surface area contributed by atoms with Crippen LogP contribution in [-0.2, 0) is 24.3 Å². The van der Waals surface area contributed by atoms with Crippen molar-refractivity contribution in [1.82, 2.24) is 14.5 Å². The van der Waals surface area contributed by atoms with Crippen molar-refractivity contribution in [3.8, 4) is 29.4 Å². The molecule has 232 valence electrons. The summed E-state index contributed by atoms with van der Waals surface area (Å²) < 4.78 is 47.9. The van der Waals surface area contributed by atoms with E-state index in [1.54, 1.807) is 34.9 Å². The van der Waals surface area contributed by atoms with Crippen molar-refractivity contribution in [2.75, 3.05) is 6.61 Å². The minimum atomic E-state index is -1.25. The first-order valence-corrected chi connectivity index (χ1v) is 13.8. The molecule has 1 fully saturated rings. The number of hydrogen-bond donors (Lipinski definition) is 1. The smallest absolute Gasteiger partial charge is 0.335 e. The Labute approximate surface area is 268 Å². The number of carboxylic acids is 1. The van der Waals surface area contributed by atoms with Crippen LogP contribution in [0.3, 0.4) is 0 Å². The molecule has 1 aliphatic rings. The van der Waals surface area contributed by atoms with Crippen molar-refractivity contribution in [3.63, 3.8) is 0 Å². The quantitative estimate of drug-likeness (QED) is 0.194. The van der Waals surface area contributed by atoms with Crippen molar-refractivity contribution in [3.05, 3.63) is 112 Å². The molecule has 1 N–H and O–H groups in total. The molecule has 1 aliphatic heterocycles. The maximum Gasteiger partial charge on any atom is 0.335 e. The summed E-state index contributed by atoms with van der Waals surface area (Å²) >= 11 is 0. The number of ether oxygens (including phenoxy) is 3. The molecule has 0 bridgehead atoms. The molecule has 0 radical (unpaired) electrons. The molecule has 0 aliphatic carbocycles. The number of carboxylic acid groups (broad SMARTS) is 1. The zero-order valence-corrected chi connectivity index (χ0v) is 25.0. The summed E-state index contributed by atoms with van der Waals surface area (Å²) in [5.74, 6) is -1.42. The second-order valence-corrected chi connectivity index (χ2v) is 10.3. The molecule has 10 nitrogen and oxygen atoms in total. The zero-order valence-electron chi connectivity index (χ0n) is 24.0. The third-order valence-electron chi connectivity index (χ3n) is 7.32. The van der Waals surface area contributed by atoms with Crippen molar-refractivity contribution in [1.29, 1.82) is 10.5 Å². The van der Waals surface area contributed by atoms with Crippen molar-refractivity contribution in [2.24, 2.45) is 0 Å². The van der Waals surface area contributed by atoms with E-state index in [1.165, 1.54) is 24.4 Å². The Balaban J connectivity index is 0.00000417. The van der Waals surface area contributed by atoms with Gasteiger partial charge in [-0.2, -0.15) is 24.0 Å². The molecule has 46 heavy (non-hydrogen) atoms. The highest BCUT2D eigenvalue weighted by Gasteiger charge is 2.24. The fourth-order valence-corrected chi connectivity index (χ4v) is 4.95. The van der Waals surface area contributed by atoms with Crippen LogP contribution in [-0.4, -0.2) is 38.3 Å². The van der Waals surface area contributed by atoms with Gasteiger partial charge in [0.1, 0.15) is 29.4 Å². The van der Waals surface area contributed by atoms with Crippen LogP contribution in [0.5, 0.6) is 17.2 Å². The third-order valence-corrected chi connectivity index (χ3v) is 7.32. The second-order valence-electron chi connectivity index (χ2n) is 10.3. The standard InChI is InChI=1S/C33H23F2N5O5.H2S/c34-27-9-19(15-36)1-4-30(27)44-18-23-14-25(5-7-38-23)45-24-3-2-20(22(10-24)16-37)13-31-39-32-28(35)11-21(33(41)42)12-29(32)40(31)17-26-6-8-43-26;/h1-5,7,9-12,14,26H,6,8,13,17-18H2,(H,41,42);1H2/t26-;/m0./s1. The number of fused-ring (bicyclic) bond motifs is 1. The van der Waals surface area contributed by atoms with E-state index < -0.39 is 17.6 Å². The predicted molar refractivity (Wildman–Crippen MR) is 165 cm³/mol. The fraction of sp³-hybridized carbons (Fsp3) is 0.182. The van der Waals surface area contributed by atoms with Gasteiger partial charge in [0.2, 0.25) is 0 Å². The lowest BCUT2D eigenvalue weighted by molar-refractivity contribution is -0.0589. The van der Waals surface area contributed by atoms with Gasteiger partial charge in [-0.3, -0.25) is 4.98 Å². The highest BCUT2D eigenvalue weighted by Crippen LogP contribution is 2.29. The Morgan fingerprint density at radius 3 is 2.54 bits per heavy atom. The lowest BCUT2D eigenvalue weighted by Gasteiger charge is -2.27. The molecule has 3 heterocycles. The summed E-state index contributed by atoms with van der Waals surface area (Å²) in [6, 6.07) is 18.5. The molecule has 0 amide bonds. The van der Waals surface area contributed by atoms with Crippen LogP contribution in [0.15, 0.2) is 66.9 Å². The number of rotatable bonds is 10. The van der Waals surface area contributed by atoms with Gasteiger partial charge < -0.3 is 23.9 Å². The summed E-state index contributed by atoms with van der Waals surface area (Å²) in [4.78, 5) is 20.3. The van der Waals surface area contributed by atoms with Gasteiger partial charge in [0, 0.05) is 25.3 Å². The number of carbonyl (C=O) groups is 1. The second kappa shape index (κ2) is 13.6. The number of imidazole rings is 1. The molecule has 3 aromatic carbocycles. The number of nitriles is 2. The molecule has 0 saturated carbocycles.